The van der Waals surface area contributed by atoms with Crippen molar-refractivity contribution in [2.75, 3.05) is 0 Å². The summed E-state index contributed by atoms with van der Waals surface area (Å²) in [5.41, 5.74) is 12.0. The van der Waals surface area contributed by atoms with E-state index < -0.39 is 0 Å². The van der Waals surface area contributed by atoms with Gasteiger partial charge in [-0.3, -0.25) is 0 Å². The van der Waals surface area contributed by atoms with Gasteiger partial charge in [-0.15, -0.1) is 0 Å². The topological polar surface area (TPSA) is 0 Å². The van der Waals surface area contributed by atoms with Crippen LogP contribution in [0.1, 0.15) is 106 Å². The van der Waals surface area contributed by atoms with Crippen LogP contribution in [0, 0.1) is 0 Å². The van der Waals surface area contributed by atoms with Crippen LogP contribution in [0.25, 0.3) is 0 Å². The molecule has 0 aromatic heterocycles. The molecule has 0 saturated carbocycles. The molecule has 30 heavy (non-hydrogen) atoms. The third kappa shape index (κ3) is 11.4. The van der Waals surface area contributed by atoms with Crippen molar-refractivity contribution < 1.29 is 0 Å². The third-order valence-corrected chi connectivity index (χ3v) is 6.00. The second kappa shape index (κ2) is 14.2. The van der Waals surface area contributed by atoms with Gasteiger partial charge < -0.3 is 0 Å². The average Bonchev–Trinajstić information content (AvgIpc) is 2.69. The van der Waals surface area contributed by atoms with Gasteiger partial charge in [-0.2, -0.15) is 0 Å². The van der Waals surface area contributed by atoms with E-state index >= 15 is 0 Å². The molecule has 0 N–H and O–H groups in total. The molecule has 0 heterocycles. The quantitative estimate of drug-likeness (QED) is 0.369. The summed E-state index contributed by atoms with van der Waals surface area (Å²) in [6.45, 7) is 19.6. The van der Waals surface area contributed by atoms with Crippen molar-refractivity contribution in [3.8, 4) is 0 Å². The first-order chi connectivity index (χ1) is 14.2. The SMILES string of the molecule is C=C(CCC=C(C)C)C1=CC=C(C)CC1.CC(C)=CCCC(C)=C1CC=C(C)CC1. The molecule has 0 nitrogen and oxygen atoms in total. The Labute approximate surface area is 187 Å². The van der Waals surface area contributed by atoms with E-state index in [9.17, 15) is 0 Å². The molecule has 0 unspecified atom stereocenters. The van der Waals surface area contributed by atoms with Gasteiger partial charge in [0.05, 0.1) is 0 Å². The van der Waals surface area contributed by atoms with E-state index in [1.165, 1.54) is 72.8 Å². The first kappa shape index (κ1) is 26.2. The summed E-state index contributed by atoms with van der Waals surface area (Å²) in [6.07, 6.45) is 22.3. The Kier molecular flexibility index (Phi) is 12.4. The maximum atomic E-state index is 4.17. The maximum absolute atomic E-state index is 4.17. The lowest BCUT2D eigenvalue weighted by Gasteiger charge is -2.15. The molecule has 0 fully saturated rings. The van der Waals surface area contributed by atoms with Crippen molar-refractivity contribution in [1.29, 1.82) is 0 Å². The highest BCUT2D eigenvalue weighted by molar-refractivity contribution is 5.36. The van der Waals surface area contributed by atoms with Gasteiger partial charge in [-0.25, -0.2) is 0 Å². The second-order valence-corrected chi connectivity index (χ2v) is 9.59. The molecule has 0 amide bonds. The van der Waals surface area contributed by atoms with Gasteiger partial charge in [0.15, 0.2) is 0 Å². The largest absolute Gasteiger partial charge is 0.0955 e. The van der Waals surface area contributed by atoms with Gasteiger partial charge in [0.25, 0.3) is 0 Å². The number of allylic oxidation sites excluding steroid dienone is 13. The summed E-state index contributed by atoms with van der Waals surface area (Å²) in [4.78, 5) is 0. The van der Waals surface area contributed by atoms with Crippen LogP contribution in [-0.2, 0) is 0 Å². The fraction of sp³-hybridized carbons (Fsp3) is 0.533. The molecular weight excluding hydrogens is 360 g/mol. The molecule has 0 radical (unpaired) electrons. The third-order valence-electron chi connectivity index (χ3n) is 6.00. The predicted molar refractivity (Wildman–Crippen MR) is 138 cm³/mol. The van der Waals surface area contributed by atoms with Crippen LogP contribution in [0.4, 0.5) is 0 Å². The highest BCUT2D eigenvalue weighted by Gasteiger charge is 2.07. The van der Waals surface area contributed by atoms with E-state index in [4.69, 9.17) is 0 Å². The van der Waals surface area contributed by atoms with Crippen molar-refractivity contribution in [3.05, 3.63) is 81.5 Å². The Morgan fingerprint density at radius 3 is 1.90 bits per heavy atom. The molecular formula is C30H46. The number of rotatable bonds is 7. The zero-order valence-corrected chi connectivity index (χ0v) is 21.0. The van der Waals surface area contributed by atoms with E-state index in [0.29, 0.717) is 0 Å². The van der Waals surface area contributed by atoms with Crippen LogP contribution in [0.5, 0.6) is 0 Å². The minimum absolute atomic E-state index is 1.10. The monoisotopic (exact) mass is 406 g/mol. The number of hydrogen-bond acceptors (Lipinski definition) is 0. The Hall–Kier alpha value is -1.82. The van der Waals surface area contributed by atoms with Gasteiger partial charge in [0, 0.05) is 0 Å². The molecule has 2 rings (SSSR count). The second-order valence-electron chi connectivity index (χ2n) is 9.59. The van der Waals surface area contributed by atoms with E-state index in [-0.39, 0.29) is 0 Å². The zero-order chi connectivity index (χ0) is 22.5. The van der Waals surface area contributed by atoms with Crippen molar-refractivity contribution >= 4 is 0 Å². The first-order valence-corrected chi connectivity index (χ1v) is 11.8. The molecule has 0 heteroatoms. The number of hydrogen-bond donors (Lipinski definition) is 0. The first-order valence-electron chi connectivity index (χ1n) is 11.8. The van der Waals surface area contributed by atoms with Crippen LogP contribution in [0.2, 0.25) is 0 Å². The average molecular weight is 407 g/mol. The van der Waals surface area contributed by atoms with Gasteiger partial charge in [0.1, 0.15) is 0 Å². The van der Waals surface area contributed by atoms with Crippen molar-refractivity contribution in [2.45, 2.75) is 106 Å². The molecule has 0 spiro atoms. The van der Waals surface area contributed by atoms with Crippen molar-refractivity contribution in [1.82, 2.24) is 0 Å². The van der Waals surface area contributed by atoms with E-state index in [0.717, 1.165) is 12.8 Å². The standard InChI is InChI=1S/C15H24.C15H22/c2*1-12(2)6-5-7-14(4)15-10-8-13(3)9-11-15/h6,8H,5,7,9-11H2,1-4H3;6,8,10H,4-5,7,9,11H2,1-3H3. The van der Waals surface area contributed by atoms with E-state index in [1.807, 2.05) is 0 Å². The van der Waals surface area contributed by atoms with Gasteiger partial charge in [0.2, 0.25) is 0 Å². The molecule has 0 aromatic carbocycles. The van der Waals surface area contributed by atoms with Crippen LogP contribution in [-0.4, -0.2) is 0 Å². The molecule has 0 bridgehead atoms. The molecule has 0 atom stereocenters. The van der Waals surface area contributed by atoms with Crippen molar-refractivity contribution in [3.63, 3.8) is 0 Å². The summed E-state index contributed by atoms with van der Waals surface area (Å²) in [7, 11) is 0. The zero-order valence-electron chi connectivity index (χ0n) is 21.0. The Morgan fingerprint density at radius 2 is 1.40 bits per heavy atom. The lowest BCUT2D eigenvalue weighted by molar-refractivity contribution is 0.810. The predicted octanol–water partition coefficient (Wildman–Crippen LogP) is 10.1. The van der Waals surface area contributed by atoms with Crippen LogP contribution in [0.3, 0.4) is 0 Å². The Balaban J connectivity index is 0.000000300. The highest BCUT2D eigenvalue weighted by atomic mass is 14.1. The van der Waals surface area contributed by atoms with Crippen molar-refractivity contribution in [2.24, 2.45) is 0 Å². The van der Waals surface area contributed by atoms with Crippen LogP contribution < -0.4 is 0 Å². The molecule has 166 valence electrons. The summed E-state index contributed by atoms with van der Waals surface area (Å²) in [6, 6.07) is 0. The summed E-state index contributed by atoms with van der Waals surface area (Å²) >= 11 is 0. The van der Waals surface area contributed by atoms with E-state index in [2.05, 4.69) is 85.4 Å². The highest BCUT2D eigenvalue weighted by Crippen LogP contribution is 2.27. The van der Waals surface area contributed by atoms with Gasteiger partial charge in [-0.1, -0.05) is 76.0 Å². The Bertz CT molecular complexity index is 748. The van der Waals surface area contributed by atoms with Crippen LogP contribution >= 0.6 is 0 Å². The summed E-state index contributed by atoms with van der Waals surface area (Å²) in [5, 5.41) is 0. The summed E-state index contributed by atoms with van der Waals surface area (Å²) in [5.74, 6) is 0. The molecule has 2 aliphatic rings. The van der Waals surface area contributed by atoms with E-state index in [1.54, 1.807) is 16.7 Å². The minimum Gasteiger partial charge on any atom is -0.0955 e. The smallest absolute Gasteiger partial charge is 0.0134 e. The molecule has 0 aliphatic heterocycles. The normalized spacial score (nSPS) is 17.5. The molecule has 0 saturated heterocycles. The maximum Gasteiger partial charge on any atom is -0.0134 e. The summed E-state index contributed by atoms with van der Waals surface area (Å²) < 4.78 is 0. The fourth-order valence-corrected chi connectivity index (χ4v) is 3.72. The molecule has 2 aliphatic carbocycles. The molecule has 0 aromatic rings. The lowest BCUT2D eigenvalue weighted by atomic mass is 9.91. The van der Waals surface area contributed by atoms with Crippen LogP contribution in [0.15, 0.2) is 81.5 Å². The lowest BCUT2D eigenvalue weighted by Crippen LogP contribution is -1.96. The minimum atomic E-state index is 1.10. The van der Waals surface area contributed by atoms with Gasteiger partial charge >= 0.3 is 0 Å². The van der Waals surface area contributed by atoms with Gasteiger partial charge in [-0.05, 0) is 112 Å². The fourth-order valence-electron chi connectivity index (χ4n) is 3.72. The Morgan fingerprint density at radius 1 is 0.800 bits per heavy atom.